The summed E-state index contributed by atoms with van der Waals surface area (Å²) in [5.74, 6) is -0.641. The minimum Gasteiger partial charge on any atom is -0.550 e. The fourth-order valence-corrected chi connectivity index (χ4v) is 4.76. The van der Waals surface area contributed by atoms with E-state index in [0.29, 0.717) is 25.2 Å². The van der Waals surface area contributed by atoms with E-state index in [0.717, 1.165) is 6.42 Å². The summed E-state index contributed by atoms with van der Waals surface area (Å²) < 4.78 is 6.09. The second kappa shape index (κ2) is 12.7. The minimum atomic E-state index is -1.32. The van der Waals surface area contributed by atoms with Crippen LogP contribution in [0.25, 0.3) is 0 Å². The normalized spacial score (nSPS) is 29.2. The zero-order chi connectivity index (χ0) is 23.3. The van der Waals surface area contributed by atoms with Crippen LogP contribution in [-0.2, 0) is 14.3 Å². The smallest absolute Gasteiger partial charge is 0.550 e. The number of allylic oxidation sites excluding steroid dienone is 3. The number of aliphatic hydroxyl groups excluding tert-OH is 2. The third-order valence-corrected chi connectivity index (χ3v) is 7.07. The van der Waals surface area contributed by atoms with Crippen LogP contribution in [0.15, 0.2) is 23.8 Å². The number of aliphatic carboxylic acids is 1. The van der Waals surface area contributed by atoms with Crippen molar-refractivity contribution in [3.05, 3.63) is 23.8 Å². The second-order valence-electron chi connectivity index (χ2n) is 10.2. The van der Waals surface area contributed by atoms with Crippen molar-refractivity contribution in [1.29, 1.82) is 0 Å². The number of rotatable bonds is 10. The molecule has 0 aromatic carbocycles. The Balaban J connectivity index is 0.00000512. The first-order valence-corrected chi connectivity index (χ1v) is 11.6. The zero-order valence-electron chi connectivity index (χ0n) is 20.5. The van der Waals surface area contributed by atoms with Crippen LogP contribution < -0.4 is 34.7 Å². The quantitative estimate of drug-likeness (QED) is 0.346. The van der Waals surface area contributed by atoms with Gasteiger partial charge in [0.1, 0.15) is 6.10 Å². The average Bonchev–Trinajstić information content (AvgIpc) is 2.66. The molecule has 176 valence electrons. The predicted octanol–water partition coefficient (Wildman–Crippen LogP) is -0.225. The average molecular weight is 459 g/mol. The van der Waals surface area contributed by atoms with Crippen LogP contribution in [-0.4, -0.2) is 40.5 Å². The standard InChI is InChI=1S/C25H40O6.Na/c1-6-25(4,5)24(30)31-21-12-15(2)11-17-8-7-16(3)20(23(17)21)10-9-18(26)13-19(27)14-22(28)29;/h7-8,11,15-16,18-21,23,26-27H,6,9-10,12-14H2,1-5H3,(H,28,29);/q;+1/p-1/t15-,16+,18-,19-,20+,21+,23+;/m1./s1. The van der Waals surface area contributed by atoms with Crippen LogP contribution >= 0.6 is 0 Å². The molecule has 0 heterocycles. The van der Waals surface area contributed by atoms with Crippen molar-refractivity contribution in [2.75, 3.05) is 0 Å². The predicted molar refractivity (Wildman–Crippen MR) is 117 cm³/mol. The summed E-state index contributed by atoms with van der Waals surface area (Å²) >= 11 is 0. The van der Waals surface area contributed by atoms with Gasteiger partial charge in [0.2, 0.25) is 0 Å². The minimum absolute atomic E-state index is 0. The van der Waals surface area contributed by atoms with E-state index in [4.69, 9.17) is 4.74 Å². The summed E-state index contributed by atoms with van der Waals surface area (Å²) in [6.45, 7) is 10.1. The molecule has 0 spiro atoms. The van der Waals surface area contributed by atoms with Gasteiger partial charge in [-0.2, -0.15) is 0 Å². The summed E-state index contributed by atoms with van der Waals surface area (Å²) in [5, 5.41) is 30.8. The molecule has 0 radical (unpaired) electrons. The van der Waals surface area contributed by atoms with Gasteiger partial charge in [0.15, 0.2) is 0 Å². The topological polar surface area (TPSA) is 107 Å². The number of esters is 1. The largest absolute Gasteiger partial charge is 1.00 e. The van der Waals surface area contributed by atoms with E-state index in [1.807, 2.05) is 20.8 Å². The van der Waals surface area contributed by atoms with Gasteiger partial charge in [0.25, 0.3) is 0 Å². The number of carbonyl (C=O) groups is 2. The summed E-state index contributed by atoms with van der Waals surface area (Å²) in [5.41, 5.74) is 0.669. The van der Waals surface area contributed by atoms with Crippen LogP contribution in [0.5, 0.6) is 0 Å². The Morgan fingerprint density at radius 2 is 1.91 bits per heavy atom. The molecule has 0 bridgehead atoms. The van der Waals surface area contributed by atoms with Crippen molar-refractivity contribution in [2.45, 2.75) is 91.5 Å². The Labute approximate surface area is 214 Å². The van der Waals surface area contributed by atoms with Gasteiger partial charge >= 0.3 is 35.5 Å². The number of fused-ring (bicyclic) bond motifs is 1. The third kappa shape index (κ3) is 7.98. The van der Waals surface area contributed by atoms with Crippen LogP contribution in [0, 0.1) is 29.1 Å². The molecule has 0 amide bonds. The molecule has 0 saturated carbocycles. The molecule has 2 aliphatic rings. The Bertz CT molecular complexity index is 701. The van der Waals surface area contributed by atoms with E-state index in [1.165, 1.54) is 5.57 Å². The number of hydrogen-bond donors (Lipinski definition) is 2. The van der Waals surface area contributed by atoms with Gasteiger partial charge in [-0.05, 0) is 69.3 Å². The summed E-state index contributed by atoms with van der Waals surface area (Å²) in [7, 11) is 0. The first kappa shape index (κ1) is 29.4. The number of aliphatic hydroxyl groups is 2. The molecule has 7 heteroatoms. The molecule has 0 aromatic heterocycles. The van der Waals surface area contributed by atoms with Gasteiger partial charge in [-0.1, -0.05) is 39.0 Å². The van der Waals surface area contributed by atoms with Gasteiger partial charge in [-0.25, -0.2) is 0 Å². The summed E-state index contributed by atoms with van der Waals surface area (Å²) in [6, 6.07) is 0. The van der Waals surface area contributed by atoms with E-state index >= 15 is 0 Å². The fourth-order valence-electron chi connectivity index (χ4n) is 4.76. The molecule has 32 heavy (non-hydrogen) atoms. The number of hydrogen-bond acceptors (Lipinski definition) is 6. The molecular weight excluding hydrogens is 419 g/mol. The Morgan fingerprint density at radius 1 is 1.25 bits per heavy atom. The van der Waals surface area contributed by atoms with Gasteiger partial charge in [0.05, 0.1) is 17.6 Å². The Kier molecular flexibility index (Phi) is 11.7. The van der Waals surface area contributed by atoms with Crippen LogP contribution in [0.4, 0.5) is 0 Å². The molecule has 0 fully saturated rings. The van der Waals surface area contributed by atoms with Gasteiger partial charge < -0.3 is 24.9 Å². The van der Waals surface area contributed by atoms with E-state index in [1.54, 1.807) is 0 Å². The first-order valence-electron chi connectivity index (χ1n) is 11.6. The van der Waals surface area contributed by atoms with Crippen molar-refractivity contribution in [1.82, 2.24) is 0 Å². The van der Waals surface area contributed by atoms with Crippen LogP contribution in [0.3, 0.4) is 0 Å². The van der Waals surface area contributed by atoms with Crippen LogP contribution in [0.2, 0.25) is 0 Å². The second-order valence-corrected chi connectivity index (χ2v) is 10.2. The molecule has 2 N–H and O–H groups in total. The van der Waals surface area contributed by atoms with Crippen molar-refractivity contribution < 1.29 is 59.2 Å². The van der Waals surface area contributed by atoms with Crippen molar-refractivity contribution in [2.24, 2.45) is 29.1 Å². The Hall–Kier alpha value is -0.660. The molecule has 0 aromatic rings. The number of carboxylic acids is 1. The van der Waals surface area contributed by atoms with Gasteiger partial charge in [-0.15, -0.1) is 0 Å². The van der Waals surface area contributed by atoms with Crippen molar-refractivity contribution >= 4 is 11.9 Å². The van der Waals surface area contributed by atoms with Crippen molar-refractivity contribution in [3.63, 3.8) is 0 Å². The van der Waals surface area contributed by atoms with E-state index in [9.17, 15) is 24.9 Å². The number of ether oxygens (including phenoxy) is 1. The summed E-state index contributed by atoms with van der Waals surface area (Å²) in [6.07, 6.45) is 6.66. The van der Waals surface area contributed by atoms with E-state index in [2.05, 4.69) is 32.1 Å². The van der Waals surface area contributed by atoms with Gasteiger partial charge in [0, 0.05) is 18.3 Å². The first-order chi connectivity index (χ1) is 14.4. The SMILES string of the molecule is CCC(C)(C)C(=O)O[C@H]1C[C@H](C)C=C2C=C[C@H](C)[C@H](CC[C@@H](O)C[C@@H](O)CC(=O)[O-])[C@H]21.[Na+]. The fraction of sp³-hybridized carbons (Fsp3) is 0.760. The third-order valence-electron chi connectivity index (χ3n) is 7.07. The maximum atomic E-state index is 12.8. The maximum Gasteiger partial charge on any atom is 1.00 e. The summed E-state index contributed by atoms with van der Waals surface area (Å²) in [4.78, 5) is 23.5. The zero-order valence-corrected chi connectivity index (χ0v) is 22.5. The van der Waals surface area contributed by atoms with E-state index < -0.39 is 30.0 Å². The molecular formula is C25H39NaO6. The molecule has 0 unspecified atom stereocenters. The molecule has 2 rings (SSSR count). The number of carbonyl (C=O) groups excluding carboxylic acids is 2. The Morgan fingerprint density at radius 3 is 2.50 bits per heavy atom. The molecule has 6 nitrogen and oxygen atoms in total. The molecule has 0 aliphatic heterocycles. The molecule has 2 aliphatic carbocycles. The van der Waals surface area contributed by atoms with E-state index in [-0.39, 0.29) is 65.8 Å². The monoisotopic (exact) mass is 458 g/mol. The van der Waals surface area contributed by atoms with Crippen LogP contribution in [0.1, 0.15) is 73.1 Å². The van der Waals surface area contributed by atoms with Gasteiger partial charge in [-0.3, -0.25) is 4.79 Å². The van der Waals surface area contributed by atoms with Crippen molar-refractivity contribution in [3.8, 4) is 0 Å². The molecule has 0 saturated heterocycles. The maximum absolute atomic E-state index is 12.8. The molecule has 7 atom stereocenters. The number of carboxylic acid groups (broad SMARTS) is 1.